The van der Waals surface area contributed by atoms with Gasteiger partial charge in [0.25, 0.3) is 0 Å². The molecule has 0 amide bonds. The Balaban J connectivity index is 2.47. The minimum Gasteiger partial charge on any atom is -0.405 e. The van der Waals surface area contributed by atoms with E-state index in [0.29, 0.717) is 0 Å². The maximum Gasteiger partial charge on any atom is 0.573 e. The van der Waals surface area contributed by atoms with Gasteiger partial charge in [-0.15, -0.1) is 13.2 Å². The van der Waals surface area contributed by atoms with Gasteiger partial charge in [0.05, 0.1) is 11.1 Å². The second kappa shape index (κ2) is 5.94. The third kappa shape index (κ3) is 4.02. The number of aldehydes is 1. The first kappa shape index (κ1) is 16.9. The number of hydrogen-bond donors (Lipinski definition) is 0. The van der Waals surface area contributed by atoms with Crippen molar-refractivity contribution >= 4 is 6.29 Å². The molecule has 122 valence electrons. The number of hydrogen-bond acceptors (Lipinski definition) is 2. The lowest BCUT2D eigenvalue weighted by Gasteiger charge is -2.14. The van der Waals surface area contributed by atoms with E-state index >= 15 is 0 Å². The highest BCUT2D eigenvalue weighted by Crippen LogP contribution is 2.35. The van der Waals surface area contributed by atoms with Gasteiger partial charge in [0.2, 0.25) is 0 Å². The van der Waals surface area contributed by atoms with Crippen molar-refractivity contribution in [3.8, 4) is 16.9 Å². The zero-order chi connectivity index (χ0) is 17.3. The summed E-state index contributed by atoms with van der Waals surface area (Å²) in [5.74, 6) is -0.718. The number of rotatable bonds is 3. The van der Waals surface area contributed by atoms with Crippen molar-refractivity contribution in [2.24, 2.45) is 0 Å². The molecule has 0 aliphatic carbocycles. The normalized spacial score (nSPS) is 12.1. The van der Waals surface area contributed by atoms with E-state index in [2.05, 4.69) is 4.74 Å². The predicted molar refractivity (Wildman–Crippen MR) is 69.0 cm³/mol. The Morgan fingerprint density at radius 2 is 1.48 bits per heavy atom. The molecule has 0 bridgehead atoms. The van der Waals surface area contributed by atoms with E-state index in [0.717, 1.165) is 30.3 Å². The van der Waals surface area contributed by atoms with Gasteiger partial charge in [-0.05, 0) is 29.3 Å². The molecule has 8 heteroatoms. The molecule has 0 heterocycles. The average Bonchev–Trinajstić information content (AvgIpc) is 2.44. The highest BCUT2D eigenvalue weighted by molar-refractivity contribution is 5.91. The van der Waals surface area contributed by atoms with E-state index in [1.165, 1.54) is 12.1 Å². The summed E-state index contributed by atoms with van der Waals surface area (Å²) < 4.78 is 78.2. The number of carbonyl (C=O) groups excluding carboxylic acids is 1. The summed E-state index contributed by atoms with van der Waals surface area (Å²) in [4.78, 5) is 11.1. The third-order valence-electron chi connectivity index (χ3n) is 2.93. The van der Waals surface area contributed by atoms with E-state index in [4.69, 9.17) is 0 Å². The first-order chi connectivity index (χ1) is 10.6. The molecular weight excluding hydrogens is 326 g/mol. The van der Waals surface area contributed by atoms with Crippen LogP contribution < -0.4 is 4.74 Å². The fourth-order valence-corrected chi connectivity index (χ4v) is 1.97. The standard InChI is InChI=1S/C15H8F6O2/c16-14(17,18)10-6-4-9(5-7-10)11-2-1-3-13(12(11)8-22)23-15(19,20)21/h1-8H. The molecule has 2 aromatic carbocycles. The van der Waals surface area contributed by atoms with Crippen molar-refractivity contribution in [3.63, 3.8) is 0 Å². The number of benzene rings is 2. The molecule has 0 fully saturated rings. The lowest BCUT2D eigenvalue weighted by atomic mass is 9.98. The minimum absolute atomic E-state index is 0.0375. The summed E-state index contributed by atoms with van der Waals surface area (Å²) >= 11 is 0. The van der Waals surface area contributed by atoms with E-state index < -0.39 is 29.4 Å². The summed E-state index contributed by atoms with van der Waals surface area (Å²) in [6.07, 6.45) is -9.36. The van der Waals surface area contributed by atoms with Gasteiger partial charge in [-0.3, -0.25) is 4.79 Å². The van der Waals surface area contributed by atoms with Crippen molar-refractivity contribution in [1.82, 2.24) is 0 Å². The van der Waals surface area contributed by atoms with E-state index in [1.54, 1.807) is 0 Å². The highest BCUT2D eigenvalue weighted by Gasteiger charge is 2.33. The smallest absolute Gasteiger partial charge is 0.405 e. The molecule has 0 aromatic heterocycles. The molecule has 0 unspecified atom stereocenters. The fraction of sp³-hybridized carbons (Fsp3) is 0.133. The average molecular weight is 334 g/mol. The topological polar surface area (TPSA) is 26.3 Å². The molecule has 2 nitrogen and oxygen atoms in total. The van der Waals surface area contributed by atoms with Crippen molar-refractivity contribution in [2.45, 2.75) is 12.5 Å². The zero-order valence-corrected chi connectivity index (χ0v) is 11.2. The third-order valence-corrected chi connectivity index (χ3v) is 2.93. The Bertz CT molecular complexity index is 701. The van der Waals surface area contributed by atoms with Crippen molar-refractivity contribution in [1.29, 1.82) is 0 Å². The quantitative estimate of drug-likeness (QED) is 0.578. The molecule has 2 aromatic rings. The van der Waals surface area contributed by atoms with Crippen LogP contribution >= 0.6 is 0 Å². The Labute approximate surface area is 126 Å². The zero-order valence-electron chi connectivity index (χ0n) is 11.2. The van der Waals surface area contributed by atoms with Gasteiger partial charge in [-0.25, -0.2) is 0 Å². The number of ether oxygens (including phenoxy) is 1. The minimum atomic E-state index is -4.99. The summed E-state index contributed by atoms with van der Waals surface area (Å²) in [7, 11) is 0. The van der Waals surface area contributed by atoms with Crippen LogP contribution in [0, 0.1) is 0 Å². The lowest BCUT2D eigenvalue weighted by Crippen LogP contribution is -2.18. The molecule has 0 saturated heterocycles. The lowest BCUT2D eigenvalue weighted by molar-refractivity contribution is -0.274. The van der Waals surface area contributed by atoms with Gasteiger partial charge in [0.15, 0.2) is 6.29 Å². The molecule has 0 radical (unpaired) electrons. The second-order valence-corrected chi connectivity index (χ2v) is 4.46. The molecule has 0 aliphatic rings. The van der Waals surface area contributed by atoms with Crippen LogP contribution in [-0.4, -0.2) is 12.6 Å². The van der Waals surface area contributed by atoms with Crippen molar-refractivity contribution < 1.29 is 35.9 Å². The highest BCUT2D eigenvalue weighted by atomic mass is 19.4. The fourth-order valence-electron chi connectivity index (χ4n) is 1.97. The summed E-state index contributed by atoms with van der Waals surface area (Å²) in [5.41, 5.74) is -1.11. The number of carbonyl (C=O) groups is 1. The Morgan fingerprint density at radius 3 is 1.96 bits per heavy atom. The molecule has 2 rings (SSSR count). The van der Waals surface area contributed by atoms with Crippen LogP contribution in [0.3, 0.4) is 0 Å². The molecule has 0 aliphatic heterocycles. The molecule has 0 spiro atoms. The van der Waals surface area contributed by atoms with Gasteiger partial charge in [0, 0.05) is 0 Å². The monoisotopic (exact) mass is 334 g/mol. The van der Waals surface area contributed by atoms with E-state index in [9.17, 15) is 31.1 Å². The van der Waals surface area contributed by atoms with Crippen LogP contribution in [0.4, 0.5) is 26.3 Å². The first-order valence-corrected chi connectivity index (χ1v) is 6.13. The van der Waals surface area contributed by atoms with Crippen molar-refractivity contribution in [3.05, 3.63) is 53.6 Å². The van der Waals surface area contributed by atoms with Crippen LogP contribution in [0.2, 0.25) is 0 Å². The Kier molecular flexibility index (Phi) is 4.35. The van der Waals surface area contributed by atoms with Crippen LogP contribution in [0.5, 0.6) is 5.75 Å². The van der Waals surface area contributed by atoms with Gasteiger partial charge in [-0.2, -0.15) is 13.2 Å². The van der Waals surface area contributed by atoms with E-state index in [1.807, 2.05) is 0 Å². The largest absolute Gasteiger partial charge is 0.573 e. The Hall–Kier alpha value is -2.51. The van der Waals surface area contributed by atoms with Gasteiger partial charge < -0.3 is 4.74 Å². The summed E-state index contributed by atoms with van der Waals surface area (Å²) in [6.45, 7) is 0. The molecule has 23 heavy (non-hydrogen) atoms. The van der Waals surface area contributed by atoms with Gasteiger partial charge in [-0.1, -0.05) is 24.3 Å². The number of alkyl halides is 6. The van der Waals surface area contributed by atoms with Crippen LogP contribution in [0.1, 0.15) is 15.9 Å². The summed E-state index contributed by atoms with van der Waals surface area (Å²) in [5, 5.41) is 0. The maximum absolute atomic E-state index is 12.5. The van der Waals surface area contributed by atoms with Crippen LogP contribution in [0.25, 0.3) is 11.1 Å². The Morgan fingerprint density at radius 1 is 0.870 bits per heavy atom. The van der Waals surface area contributed by atoms with Gasteiger partial charge in [0.1, 0.15) is 5.75 Å². The van der Waals surface area contributed by atoms with Gasteiger partial charge >= 0.3 is 12.5 Å². The maximum atomic E-state index is 12.5. The molecule has 0 saturated carbocycles. The molecular formula is C15H8F6O2. The van der Waals surface area contributed by atoms with E-state index in [-0.39, 0.29) is 17.4 Å². The van der Waals surface area contributed by atoms with Crippen molar-refractivity contribution in [2.75, 3.05) is 0 Å². The van der Waals surface area contributed by atoms with Crippen LogP contribution in [0.15, 0.2) is 42.5 Å². The SMILES string of the molecule is O=Cc1c(OC(F)(F)F)cccc1-c1ccc(C(F)(F)F)cc1. The summed E-state index contributed by atoms with van der Waals surface area (Å²) in [6, 6.07) is 7.18. The van der Waals surface area contributed by atoms with Crippen LogP contribution in [-0.2, 0) is 6.18 Å². The predicted octanol–water partition coefficient (Wildman–Crippen LogP) is 5.08. The number of halogens is 6. The molecule has 0 N–H and O–H groups in total. The second-order valence-electron chi connectivity index (χ2n) is 4.46. The molecule has 0 atom stereocenters. The first-order valence-electron chi connectivity index (χ1n) is 6.13.